The second-order valence-electron chi connectivity index (χ2n) is 5.24. The van der Waals surface area contributed by atoms with Gasteiger partial charge in [0.15, 0.2) is 0 Å². The standard InChI is InChI=1S/C16H16FN3O2S3/c1-18-25(21,22)8-2-7-23-16-15-13(19-10-20-16)9-14(24-15)11-3-5-12(17)6-4-11/h3-6,9-10,18H,2,7-8H2,1H3. The Morgan fingerprint density at radius 2 is 2.00 bits per heavy atom. The summed E-state index contributed by atoms with van der Waals surface area (Å²) in [6.45, 7) is 0. The smallest absolute Gasteiger partial charge is 0.211 e. The molecule has 0 amide bonds. The summed E-state index contributed by atoms with van der Waals surface area (Å²) < 4.78 is 39.2. The van der Waals surface area contributed by atoms with Gasteiger partial charge in [-0.1, -0.05) is 12.1 Å². The molecule has 0 bridgehead atoms. The monoisotopic (exact) mass is 397 g/mol. The zero-order valence-corrected chi connectivity index (χ0v) is 15.8. The summed E-state index contributed by atoms with van der Waals surface area (Å²) in [5.41, 5.74) is 1.77. The summed E-state index contributed by atoms with van der Waals surface area (Å²) in [5.74, 6) is 0.477. The van der Waals surface area contributed by atoms with Crippen LogP contribution in [0.2, 0.25) is 0 Å². The van der Waals surface area contributed by atoms with Crippen LogP contribution in [-0.4, -0.2) is 36.9 Å². The van der Waals surface area contributed by atoms with Crippen molar-refractivity contribution in [3.63, 3.8) is 0 Å². The molecule has 3 aromatic rings. The van der Waals surface area contributed by atoms with E-state index in [1.54, 1.807) is 23.5 Å². The van der Waals surface area contributed by atoms with Crippen molar-refractivity contribution < 1.29 is 12.8 Å². The van der Waals surface area contributed by atoms with Crippen molar-refractivity contribution in [3.8, 4) is 10.4 Å². The van der Waals surface area contributed by atoms with E-state index in [9.17, 15) is 12.8 Å². The first-order chi connectivity index (χ1) is 12.0. The van der Waals surface area contributed by atoms with E-state index in [1.165, 1.54) is 37.3 Å². The van der Waals surface area contributed by atoms with Gasteiger partial charge in [0.05, 0.1) is 16.0 Å². The maximum atomic E-state index is 13.1. The molecule has 0 saturated heterocycles. The van der Waals surface area contributed by atoms with Gasteiger partial charge in [-0.2, -0.15) is 0 Å². The third-order valence-corrected chi connectivity index (χ3v) is 7.35. The van der Waals surface area contributed by atoms with E-state index in [0.29, 0.717) is 12.2 Å². The average molecular weight is 398 g/mol. The van der Waals surface area contributed by atoms with Crippen LogP contribution in [-0.2, 0) is 10.0 Å². The molecule has 0 unspecified atom stereocenters. The molecule has 0 radical (unpaired) electrons. The number of benzene rings is 1. The van der Waals surface area contributed by atoms with Crippen LogP contribution in [0.15, 0.2) is 41.7 Å². The third-order valence-electron chi connectivity index (χ3n) is 3.51. The van der Waals surface area contributed by atoms with Crippen molar-refractivity contribution in [2.24, 2.45) is 0 Å². The van der Waals surface area contributed by atoms with Crippen molar-refractivity contribution >= 4 is 43.3 Å². The zero-order valence-electron chi connectivity index (χ0n) is 13.4. The lowest BCUT2D eigenvalue weighted by Crippen LogP contribution is -2.22. The Morgan fingerprint density at radius 1 is 1.24 bits per heavy atom. The Kier molecular flexibility index (Phi) is 5.67. The molecule has 0 saturated carbocycles. The highest BCUT2D eigenvalue weighted by Crippen LogP contribution is 2.37. The Balaban J connectivity index is 1.77. The molecule has 2 aromatic heterocycles. The summed E-state index contributed by atoms with van der Waals surface area (Å²) in [7, 11) is -1.76. The van der Waals surface area contributed by atoms with Crippen molar-refractivity contribution in [1.29, 1.82) is 0 Å². The molecule has 2 heterocycles. The second-order valence-corrected chi connectivity index (χ2v) is 9.42. The summed E-state index contributed by atoms with van der Waals surface area (Å²) in [6.07, 6.45) is 2.05. The highest BCUT2D eigenvalue weighted by Gasteiger charge is 2.12. The SMILES string of the molecule is CNS(=O)(=O)CCCSc1ncnc2cc(-c3ccc(F)cc3)sc12. The van der Waals surface area contributed by atoms with Gasteiger partial charge in [0.2, 0.25) is 10.0 Å². The number of thioether (sulfide) groups is 1. The lowest BCUT2D eigenvalue weighted by molar-refractivity contribution is 0.587. The summed E-state index contributed by atoms with van der Waals surface area (Å²) in [6, 6.07) is 8.31. The van der Waals surface area contributed by atoms with Gasteiger partial charge in [0, 0.05) is 10.6 Å². The fourth-order valence-electron chi connectivity index (χ4n) is 2.21. The molecule has 0 spiro atoms. The Morgan fingerprint density at radius 3 is 2.72 bits per heavy atom. The quantitative estimate of drug-likeness (QED) is 0.375. The van der Waals surface area contributed by atoms with Gasteiger partial charge < -0.3 is 0 Å². The number of thiophene rings is 1. The van der Waals surface area contributed by atoms with Crippen LogP contribution in [0.1, 0.15) is 6.42 Å². The molecule has 1 N–H and O–H groups in total. The fraction of sp³-hybridized carbons (Fsp3) is 0.250. The Labute approximate surface area is 153 Å². The summed E-state index contributed by atoms with van der Waals surface area (Å²) in [5, 5.41) is 0.838. The minimum atomic E-state index is -3.18. The van der Waals surface area contributed by atoms with Gasteiger partial charge in [0.1, 0.15) is 17.2 Å². The van der Waals surface area contributed by atoms with Crippen LogP contribution >= 0.6 is 23.1 Å². The Hall–Kier alpha value is -1.55. The molecule has 132 valence electrons. The highest BCUT2D eigenvalue weighted by molar-refractivity contribution is 7.99. The number of nitrogens with zero attached hydrogens (tertiary/aromatic N) is 2. The van der Waals surface area contributed by atoms with Crippen LogP contribution in [0.4, 0.5) is 4.39 Å². The third kappa shape index (κ3) is 4.55. The molecule has 0 atom stereocenters. The van der Waals surface area contributed by atoms with Crippen molar-refractivity contribution in [1.82, 2.24) is 14.7 Å². The average Bonchev–Trinajstić information content (AvgIpc) is 3.04. The molecule has 1 aromatic carbocycles. The summed E-state index contributed by atoms with van der Waals surface area (Å²) >= 11 is 3.07. The molecule has 5 nitrogen and oxygen atoms in total. The fourth-order valence-corrected chi connectivity index (χ4v) is 5.26. The molecule has 25 heavy (non-hydrogen) atoms. The van der Waals surface area contributed by atoms with Crippen molar-refractivity contribution in [2.75, 3.05) is 18.6 Å². The van der Waals surface area contributed by atoms with Gasteiger partial charge in [-0.3, -0.25) is 0 Å². The number of sulfonamides is 1. The van der Waals surface area contributed by atoms with E-state index < -0.39 is 10.0 Å². The van der Waals surface area contributed by atoms with E-state index in [2.05, 4.69) is 14.7 Å². The van der Waals surface area contributed by atoms with E-state index in [1.807, 2.05) is 6.07 Å². The van der Waals surface area contributed by atoms with E-state index in [0.717, 1.165) is 25.7 Å². The molecule has 0 aliphatic heterocycles. The van der Waals surface area contributed by atoms with Crippen LogP contribution in [0.3, 0.4) is 0 Å². The number of aromatic nitrogens is 2. The number of hydrogen-bond donors (Lipinski definition) is 1. The molecular weight excluding hydrogens is 381 g/mol. The lowest BCUT2D eigenvalue weighted by Gasteiger charge is -2.03. The number of rotatable bonds is 7. The minimum Gasteiger partial charge on any atom is -0.235 e. The van der Waals surface area contributed by atoms with Gasteiger partial charge in [-0.15, -0.1) is 23.1 Å². The first kappa shape index (κ1) is 18.2. The predicted molar refractivity (Wildman–Crippen MR) is 101 cm³/mol. The lowest BCUT2D eigenvalue weighted by atomic mass is 10.2. The molecule has 3 rings (SSSR count). The normalized spacial score (nSPS) is 11.9. The number of hydrogen-bond acceptors (Lipinski definition) is 6. The second kappa shape index (κ2) is 7.77. The van der Waals surface area contributed by atoms with E-state index in [-0.39, 0.29) is 11.6 Å². The topological polar surface area (TPSA) is 72.0 Å². The van der Waals surface area contributed by atoms with Gasteiger partial charge in [0.25, 0.3) is 0 Å². The predicted octanol–water partition coefficient (Wildman–Crippen LogP) is 3.53. The maximum absolute atomic E-state index is 13.1. The molecule has 9 heteroatoms. The van der Waals surface area contributed by atoms with Crippen LogP contribution in [0.25, 0.3) is 20.7 Å². The largest absolute Gasteiger partial charge is 0.235 e. The highest BCUT2D eigenvalue weighted by atomic mass is 32.2. The van der Waals surface area contributed by atoms with Gasteiger partial charge in [-0.05, 0) is 37.2 Å². The first-order valence-corrected chi connectivity index (χ1v) is 11.0. The van der Waals surface area contributed by atoms with Crippen LogP contribution in [0, 0.1) is 5.82 Å². The van der Waals surface area contributed by atoms with Gasteiger partial charge >= 0.3 is 0 Å². The molecule has 0 fully saturated rings. The molecule has 0 aliphatic rings. The van der Waals surface area contributed by atoms with Crippen LogP contribution < -0.4 is 4.72 Å². The maximum Gasteiger partial charge on any atom is 0.211 e. The van der Waals surface area contributed by atoms with E-state index >= 15 is 0 Å². The molecular formula is C16H16FN3O2S3. The first-order valence-electron chi connectivity index (χ1n) is 7.53. The summed E-state index contributed by atoms with van der Waals surface area (Å²) in [4.78, 5) is 9.61. The van der Waals surface area contributed by atoms with E-state index in [4.69, 9.17) is 0 Å². The Bertz CT molecular complexity index is 972. The van der Waals surface area contributed by atoms with Crippen molar-refractivity contribution in [3.05, 3.63) is 42.5 Å². The van der Waals surface area contributed by atoms with Crippen LogP contribution in [0.5, 0.6) is 0 Å². The number of fused-ring (bicyclic) bond motifs is 1. The van der Waals surface area contributed by atoms with Crippen molar-refractivity contribution in [2.45, 2.75) is 11.4 Å². The number of halogens is 1. The number of nitrogens with one attached hydrogen (secondary N) is 1. The molecule has 0 aliphatic carbocycles. The minimum absolute atomic E-state index is 0.0933. The van der Waals surface area contributed by atoms with Gasteiger partial charge in [-0.25, -0.2) is 27.5 Å². The zero-order chi connectivity index (χ0) is 17.9.